The normalized spacial score (nSPS) is 17.9. The second-order valence-corrected chi connectivity index (χ2v) is 8.02. The van der Waals surface area contributed by atoms with E-state index in [9.17, 15) is 4.79 Å². The average Bonchev–Trinajstić information content (AvgIpc) is 2.71. The number of rotatable bonds is 4. The first-order chi connectivity index (χ1) is 13.6. The fraction of sp³-hybridized carbons (Fsp3) is 0.250. The number of hydrazone groups is 1. The van der Waals surface area contributed by atoms with Gasteiger partial charge in [0.2, 0.25) is 0 Å². The number of carbonyl (C=O) groups is 1. The van der Waals surface area contributed by atoms with E-state index in [2.05, 4.69) is 33.3 Å². The average molecular weight is 459 g/mol. The Balaban J connectivity index is 1.95. The lowest BCUT2D eigenvalue weighted by atomic mass is 10.1. The number of nitrogens with zero attached hydrogens (tertiary/aromatic N) is 3. The zero-order chi connectivity index (χ0) is 19.7. The van der Waals surface area contributed by atoms with E-state index in [1.165, 1.54) is 11.8 Å². The monoisotopic (exact) mass is 458 g/mol. The van der Waals surface area contributed by atoms with Crippen molar-refractivity contribution in [1.82, 2.24) is 10.3 Å². The summed E-state index contributed by atoms with van der Waals surface area (Å²) in [4.78, 5) is 17.9. The molecule has 1 N–H and O–H groups in total. The van der Waals surface area contributed by atoms with E-state index in [4.69, 9.17) is 9.73 Å². The van der Waals surface area contributed by atoms with Gasteiger partial charge in [-0.05, 0) is 36.9 Å². The standard InChI is InChI=1S/C20H19BrN4O2S/c1-3-10-27-16-7-5-4-6-13(16)18-22-15-9-8-12(21)11-14(15)17-19(26)23-20(28-2)24-25(17)18/h4-9,11,18H,3,10H2,1-2H3,(H,23,24,26)/t18-/m1/s1. The van der Waals surface area contributed by atoms with Gasteiger partial charge in [-0.1, -0.05) is 52.8 Å². The van der Waals surface area contributed by atoms with Gasteiger partial charge in [0.05, 0.1) is 12.0 Å². The summed E-state index contributed by atoms with van der Waals surface area (Å²) < 4.78 is 6.83. The second-order valence-electron chi connectivity index (χ2n) is 6.31. The van der Waals surface area contributed by atoms with Gasteiger partial charge in [-0.3, -0.25) is 15.1 Å². The van der Waals surface area contributed by atoms with Crippen LogP contribution in [0, 0.1) is 0 Å². The molecule has 0 fully saturated rings. The summed E-state index contributed by atoms with van der Waals surface area (Å²) in [5.41, 5.74) is 1.36. The van der Waals surface area contributed by atoms with Crippen LogP contribution in [0.4, 0.5) is 0 Å². The van der Waals surface area contributed by atoms with Gasteiger partial charge in [-0.2, -0.15) is 0 Å². The highest BCUT2D eigenvalue weighted by atomic mass is 79.9. The van der Waals surface area contributed by atoms with Gasteiger partial charge in [0.15, 0.2) is 11.3 Å². The molecule has 4 rings (SSSR count). The highest BCUT2D eigenvalue weighted by Gasteiger charge is 2.35. The Bertz CT molecular complexity index is 1090. The molecular weight excluding hydrogens is 440 g/mol. The molecule has 1 amide bonds. The number of ether oxygens (including phenoxy) is 1. The maximum absolute atomic E-state index is 12.9. The topological polar surface area (TPSA) is 66.3 Å². The zero-order valence-electron chi connectivity index (χ0n) is 15.5. The lowest BCUT2D eigenvalue weighted by Gasteiger charge is -2.34. The van der Waals surface area contributed by atoms with Gasteiger partial charge in [-0.25, -0.2) is 5.01 Å². The van der Waals surface area contributed by atoms with Gasteiger partial charge in [0.25, 0.3) is 5.91 Å². The van der Waals surface area contributed by atoms with Crippen LogP contribution in [-0.2, 0) is 4.79 Å². The molecular formula is C20H19BrN4O2S. The van der Waals surface area contributed by atoms with E-state index in [0.29, 0.717) is 17.5 Å². The van der Waals surface area contributed by atoms with Gasteiger partial charge >= 0.3 is 0 Å². The maximum Gasteiger partial charge on any atom is 0.276 e. The highest BCUT2D eigenvalue weighted by Crippen LogP contribution is 2.35. The minimum absolute atomic E-state index is 0.189. The molecule has 0 aliphatic carbocycles. The van der Waals surface area contributed by atoms with Crippen LogP contribution >= 0.6 is 27.7 Å². The summed E-state index contributed by atoms with van der Waals surface area (Å²) >= 11 is 4.87. The molecule has 2 aliphatic heterocycles. The number of benzene rings is 2. The molecule has 2 aromatic carbocycles. The summed E-state index contributed by atoms with van der Waals surface area (Å²) in [7, 11) is 0. The largest absolute Gasteiger partial charge is 0.493 e. The Labute approximate surface area is 175 Å². The number of nitrogens with one attached hydrogen (secondary N) is 1. The van der Waals surface area contributed by atoms with Crippen molar-refractivity contribution in [3.05, 3.63) is 63.1 Å². The number of hydrogen-bond donors (Lipinski definition) is 1. The predicted molar refractivity (Wildman–Crippen MR) is 114 cm³/mol. The number of para-hydroxylation sites is 1. The van der Waals surface area contributed by atoms with Crippen molar-refractivity contribution in [3.63, 3.8) is 0 Å². The fourth-order valence-electron chi connectivity index (χ4n) is 3.18. The van der Waals surface area contributed by atoms with Crippen molar-refractivity contribution in [2.75, 3.05) is 12.9 Å². The van der Waals surface area contributed by atoms with Crippen molar-refractivity contribution in [1.29, 1.82) is 0 Å². The molecule has 144 valence electrons. The summed E-state index contributed by atoms with van der Waals surface area (Å²) in [6.45, 7) is 2.68. The first-order valence-corrected chi connectivity index (χ1v) is 11.0. The molecule has 0 aromatic heterocycles. The van der Waals surface area contributed by atoms with Crippen molar-refractivity contribution in [3.8, 4) is 5.75 Å². The van der Waals surface area contributed by atoms with Crippen LogP contribution in [0.25, 0.3) is 5.70 Å². The van der Waals surface area contributed by atoms with Crippen LogP contribution in [0.15, 0.2) is 57.0 Å². The molecule has 0 bridgehead atoms. The molecule has 0 spiro atoms. The van der Waals surface area contributed by atoms with E-state index in [0.717, 1.165) is 32.8 Å². The number of halogens is 1. The van der Waals surface area contributed by atoms with E-state index < -0.39 is 6.17 Å². The summed E-state index contributed by atoms with van der Waals surface area (Å²) in [6.07, 6.45) is 2.30. The summed E-state index contributed by atoms with van der Waals surface area (Å²) in [5.74, 6) is 0.565. The number of amides is 1. The van der Waals surface area contributed by atoms with Crippen LogP contribution < -0.4 is 20.6 Å². The minimum atomic E-state index is -0.482. The molecule has 28 heavy (non-hydrogen) atoms. The Morgan fingerprint density at radius 2 is 2.11 bits per heavy atom. The van der Waals surface area contributed by atoms with Gasteiger partial charge in [0.1, 0.15) is 11.4 Å². The Morgan fingerprint density at radius 3 is 2.89 bits per heavy atom. The van der Waals surface area contributed by atoms with Gasteiger partial charge in [0, 0.05) is 15.3 Å². The number of hydrogen-bond acceptors (Lipinski definition) is 6. The number of fused-ring (bicyclic) bond motifs is 2. The number of thioether (sulfide) groups is 1. The zero-order valence-corrected chi connectivity index (χ0v) is 17.9. The Kier molecular flexibility index (Phi) is 5.41. The molecule has 2 heterocycles. The molecule has 0 unspecified atom stereocenters. The summed E-state index contributed by atoms with van der Waals surface area (Å²) in [6, 6.07) is 13.5. The smallest absolute Gasteiger partial charge is 0.276 e. The Morgan fingerprint density at radius 1 is 1.29 bits per heavy atom. The Hall–Kier alpha value is -2.32. The summed E-state index contributed by atoms with van der Waals surface area (Å²) in [5, 5.41) is 11.3. The highest BCUT2D eigenvalue weighted by molar-refractivity contribution is 9.10. The third-order valence-electron chi connectivity index (χ3n) is 4.42. The molecule has 2 aromatic rings. The first kappa shape index (κ1) is 19.0. The second kappa shape index (κ2) is 7.97. The SMILES string of the molecule is CCCOc1ccccc1[C@@H]1N=c2ccc(Br)cc2=C2C(=O)NC(SC)=NN21. The van der Waals surface area contributed by atoms with Crippen LogP contribution in [0.2, 0.25) is 0 Å². The predicted octanol–water partition coefficient (Wildman–Crippen LogP) is 2.74. The third kappa shape index (κ3) is 3.42. The van der Waals surface area contributed by atoms with Crippen LogP contribution in [-0.4, -0.2) is 28.9 Å². The van der Waals surface area contributed by atoms with Gasteiger partial charge < -0.3 is 4.74 Å². The lowest BCUT2D eigenvalue weighted by Crippen LogP contribution is -2.50. The van der Waals surface area contributed by atoms with E-state index in [-0.39, 0.29) is 5.91 Å². The number of amidine groups is 1. The van der Waals surface area contributed by atoms with Crippen molar-refractivity contribution >= 4 is 44.5 Å². The van der Waals surface area contributed by atoms with Gasteiger partial charge in [-0.15, -0.1) is 5.10 Å². The van der Waals surface area contributed by atoms with Crippen LogP contribution in [0.5, 0.6) is 5.75 Å². The molecule has 2 aliphatic rings. The first-order valence-electron chi connectivity index (χ1n) is 8.95. The molecule has 0 saturated carbocycles. The molecule has 0 radical (unpaired) electrons. The van der Waals surface area contributed by atoms with E-state index in [1.54, 1.807) is 5.01 Å². The van der Waals surface area contributed by atoms with Crippen LogP contribution in [0.3, 0.4) is 0 Å². The van der Waals surface area contributed by atoms with E-state index in [1.807, 2.05) is 48.7 Å². The van der Waals surface area contributed by atoms with E-state index >= 15 is 0 Å². The van der Waals surface area contributed by atoms with Crippen molar-refractivity contribution in [2.45, 2.75) is 19.5 Å². The lowest BCUT2D eigenvalue weighted by molar-refractivity contribution is -0.116. The number of carbonyl (C=O) groups excluding carboxylic acids is 1. The van der Waals surface area contributed by atoms with Crippen molar-refractivity contribution in [2.24, 2.45) is 10.1 Å². The third-order valence-corrected chi connectivity index (χ3v) is 5.49. The van der Waals surface area contributed by atoms with Crippen LogP contribution in [0.1, 0.15) is 25.1 Å². The quantitative estimate of drug-likeness (QED) is 0.764. The fourth-order valence-corrected chi connectivity index (χ4v) is 3.91. The molecule has 1 atom stereocenters. The molecule has 6 nitrogen and oxygen atoms in total. The molecule has 0 saturated heterocycles. The maximum atomic E-state index is 12.9. The van der Waals surface area contributed by atoms with Crippen molar-refractivity contribution < 1.29 is 9.53 Å². The minimum Gasteiger partial charge on any atom is -0.493 e. The molecule has 8 heteroatoms.